The molecule has 0 unspecified atom stereocenters. The first-order chi connectivity index (χ1) is 10.1. The monoisotopic (exact) mass is 337 g/mol. The molecule has 2 aromatic rings. The molecule has 0 aliphatic rings. The lowest BCUT2D eigenvalue weighted by atomic mass is 10.2. The zero-order valence-electron chi connectivity index (χ0n) is 10.8. The van der Waals surface area contributed by atoms with Crippen molar-refractivity contribution in [1.82, 2.24) is 0 Å². The van der Waals surface area contributed by atoms with Crippen LogP contribution in [-0.4, -0.2) is 0 Å². The standard InChI is InChI=1S/C16H10Cl3NO/c17-13-6-2-1-5-12(13)10-21-16-14(18)8-11(4-3-7-20)9-15(16)19/h1-6,8-9H,10H2. The second-order valence-electron chi connectivity index (χ2n) is 4.16. The van der Waals surface area contributed by atoms with Gasteiger partial charge in [-0.2, -0.15) is 5.26 Å². The van der Waals surface area contributed by atoms with Gasteiger partial charge in [-0.1, -0.05) is 53.0 Å². The maximum Gasteiger partial charge on any atom is 0.157 e. The van der Waals surface area contributed by atoms with Crippen molar-refractivity contribution in [2.45, 2.75) is 6.61 Å². The molecule has 2 rings (SSSR count). The lowest BCUT2D eigenvalue weighted by Gasteiger charge is -2.11. The first-order valence-corrected chi connectivity index (χ1v) is 7.16. The molecule has 106 valence electrons. The third kappa shape index (κ3) is 4.15. The van der Waals surface area contributed by atoms with E-state index in [0.29, 0.717) is 20.8 Å². The Kier molecular flexibility index (Phi) is 5.52. The van der Waals surface area contributed by atoms with Crippen molar-refractivity contribution in [3.63, 3.8) is 0 Å². The van der Waals surface area contributed by atoms with Crippen molar-refractivity contribution in [3.8, 4) is 11.8 Å². The molecule has 2 nitrogen and oxygen atoms in total. The molecule has 0 bridgehead atoms. The van der Waals surface area contributed by atoms with E-state index in [1.807, 2.05) is 24.3 Å². The Morgan fingerprint density at radius 1 is 1.05 bits per heavy atom. The van der Waals surface area contributed by atoms with Crippen molar-refractivity contribution >= 4 is 40.9 Å². The van der Waals surface area contributed by atoms with Crippen LogP contribution in [0, 0.1) is 11.3 Å². The Labute approximate surface area is 138 Å². The maximum absolute atomic E-state index is 8.52. The average molecular weight is 339 g/mol. The SMILES string of the molecule is N#CC=Cc1cc(Cl)c(OCc2ccccc2Cl)c(Cl)c1. The molecule has 0 radical (unpaired) electrons. The van der Waals surface area contributed by atoms with E-state index >= 15 is 0 Å². The number of allylic oxidation sites excluding steroid dienone is 1. The minimum Gasteiger partial charge on any atom is -0.486 e. The number of nitriles is 1. The Hall–Kier alpha value is -1.66. The van der Waals surface area contributed by atoms with Gasteiger partial charge in [-0.15, -0.1) is 0 Å². The van der Waals surface area contributed by atoms with Crippen LogP contribution in [0.2, 0.25) is 15.1 Å². The van der Waals surface area contributed by atoms with E-state index in [0.717, 1.165) is 11.1 Å². The molecule has 21 heavy (non-hydrogen) atoms. The minimum atomic E-state index is 0.270. The minimum absolute atomic E-state index is 0.270. The first kappa shape index (κ1) is 15.7. The smallest absolute Gasteiger partial charge is 0.157 e. The highest BCUT2D eigenvalue weighted by Gasteiger charge is 2.10. The maximum atomic E-state index is 8.52. The number of ether oxygens (including phenoxy) is 1. The highest BCUT2D eigenvalue weighted by Crippen LogP contribution is 2.35. The van der Waals surface area contributed by atoms with Crippen LogP contribution in [0.4, 0.5) is 0 Å². The third-order valence-electron chi connectivity index (χ3n) is 2.70. The van der Waals surface area contributed by atoms with Crippen LogP contribution >= 0.6 is 34.8 Å². The molecule has 0 N–H and O–H groups in total. The lowest BCUT2D eigenvalue weighted by molar-refractivity contribution is 0.306. The van der Waals surface area contributed by atoms with Gasteiger partial charge >= 0.3 is 0 Å². The Balaban J connectivity index is 2.20. The Bertz CT molecular complexity index is 697. The molecule has 0 atom stereocenters. The number of hydrogen-bond acceptors (Lipinski definition) is 2. The van der Waals surface area contributed by atoms with E-state index in [4.69, 9.17) is 44.8 Å². The average Bonchev–Trinajstić information content (AvgIpc) is 2.46. The summed E-state index contributed by atoms with van der Waals surface area (Å²) in [5.41, 5.74) is 1.58. The van der Waals surface area contributed by atoms with Gasteiger partial charge in [-0.3, -0.25) is 0 Å². The number of hydrogen-bond donors (Lipinski definition) is 0. The molecule has 0 fully saturated rings. The zero-order valence-corrected chi connectivity index (χ0v) is 13.1. The summed E-state index contributed by atoms with van der Waals surface area (Å²) in [7, 11) is 0. The van der Waals surface area contributed by atoms with Crippen molar-refractivity contribution in [1.29, 1.82) is 5.26 Å². The highest BCUT2D eigenvalue weighted by molar-refractivity contribution is 6.37. The van der Waals surface area contributed by atoms with E-state index in [1.54, 1.807) is 24.3 Å². The van der Waals surface area contributed by atoms with Gasteiger partial charge in [-0.25, -0.2) is 0 Å². The fraction of sp³-hybridized carbons (Fsp3) is 0.0625. The predicted molar refractivity (Wildman–Crippen MR) is 86.9 cm³/mol. The van der Waals surface area contributed by atoms with Crippen molar-refractivity contribution in [2.75, 3.05) is 0 Å². The summed E-state index contributed by atoms with van der Waals surface area (Å²) < 4.78 is 5.66. The summed E-state index contributed by atoms with van der Waals surface area (Å²) in [6.45, 7) is 0.270. The summed E-state index contributed by atoms with van der Waals surface area (Å²) in [5.74, 6) is 0.396. The van der Waals surface area contributed by atoms with Crippen molar-refractivity contribution < 1.29 is 4.74 Å². The molecule has 0 heterocycles. The van der Waals surface area contributed by atoms with E-state index < -0.39 is 0 Å². The fourth-order valence-corrected chi connectivity index (χ4v) is 2.52. The summed E-state index contributed by atoms with van der Waals surface area (Å²) in [5, 5.41) is 9.90. The van der Waals surface area contributed by atoms with Crippen LogP contribution in [0.1, 0.15) is 11.1 Å². The second kappa shape index (κ2) is 7.38. The fourth-order valence-electron chi connectivity index (χ4n) is 1.71. The van der Waals surface area contributed by atoms with Gasteiger partial charge in [0.15, 0.2) is 5.75 Å². The molecular weight excluding hydrogens is 329 g/mol. The van der Waals surface area contributed by atoms with Gasteiger partial charge in [0.2, 0.25) is 0 Å². The normalized spacial score (nSPS) is 10.6. The molecule has 0 saturated heterocycles. The number of nitrogens with zero attached hydrogens (tertiary/aromatic N) is 1. The predicted octanol–water partition coefficient (Wildman–Crippen LogP) is 5.76. The van der Waals surface area contributed by atoms with Crippen molar-refractivity contribution in [3.05, 3.63) is 68.7 Å². The van der Waals surface area contributed by atoms with Gasteiger partial charge in [0, 0.05) is 16.7 Å². The first-order valence-electron chi connectivity index (χ1n) is 6.03. The molecule has 5 heteroatoms. The zero-order chi connectivity index (χ0) is 15.2. The number of benzene rings is 2. The van der Waals surface area contributed by atoms with Gasteiger partial charge < -0.3 is 4.74 Å². The molecule has 0 aliphatic carbocycles. The molecule has 0 spiro atoms. The number of halogens is 3. The molecule has 0 aliphatic heterocycles. The third-order valence-corrected chi connectivity index (χ3v) is 3.63. The molecule has 0 saturated carbocycles. The largest absolute Gasteiger partial charge is 0.486 e. The van der Waals surface area contributed by atoms with E-state index in [-0.39, 0.29) is 6.61 Å². The van der Waals surface area contributed by atoms with Crippen LogP contribution < -0.4 is 4.74 Å². The summed E-state index contributed by atoms with van der Waals surface area (Å²) in [4.78, 5) is 0. The van der Waals surface area contributed by atoms with Gasteiger partial charge in [0.1, 0.15) is 6.61 Å². The van der Waals surface area contributed by atoms with Gasteiger partial charge in [0.25, 0.3) is 0 Å². The van der Waals surface area contributed by atoms with Crippen LogP contribution in [0.5, 0.6) is 5.75 Å². The van der Waals surface area contributed by atoms with Crippen LogP contribution in [0.3, 0.4) is 0 Å². The summed E-state index contributed by atoms with van der Waals surface area (Å²) in [6.07, 6.45) is 2.97. The topological polar surface area (TPSA) is 33.0 Å². The van der Waals surface area contributed by atoms with Crippen molar-refractivity contribution in [2.24, 2.45) is 0 Å². The lowest BCUT2D eigenvalue weighted by Crippen LogP contribution is -1.97. The summed E-state index contributed by atoms with van der Waals surface area (Å²) >= 11 is 18.4. The second-order valence-corrected chi connectivity index (χ2v) is 5.38. The number of rotatable bonds is 4. The van der Waals surface area contributed by atoms with Crippen LogP contribution in [-0.2, 0) is 6.61 Å². The van der Waals surface area contributed by atoms with E-state index in [9.17, 15) is 0 Å². The van der Waals surface area contributed by atoms with Gasteiger partial charge in [-0.05, 0) is 29.8 Å². The molecular formula is C16H10Cl3NO. The Morgan fingerprint density at radius 3 is 2.33 bits per heavy atom. The van der Waals surface area contributed by atoms with E-state index in [1.165, 1.54) is 6.08 Å². The quantitative estimate of drug-likeness (QED) is 0.664. The molecule has 0 aromatic heterocycles. The molecule has 0 amide bonds. The Morgan fingerprint density at radius 2 is 1.71 bits per heavy atom. The van der Waals surface area contributed by atoms with Gasteiger partial charge in [0.05, 0.1) is 16.1 Å². The van der Waals surface area contributed by atoms with Crippen LogP contribution in [0.25, 0.3) is 6.08 Å². The van der Waals surface area contributed by atoms with Crippen LogP contribution in [0.15, 0.2) is 42.5 Å². The molecule has 2 aromatic carbocycles. The summed E-state index contributed by atoms with van der Waals surface area (Å²) in [6, 6.07) is 12.7. The highest BCUT2D eigenvalue weighted by atomic mass is 35.5. The van der Waals surface area contributed by atoms with E-state index in [2.05, 4.69) is 0 Å².